The zero-order valence-electron chi connectivity index (χ0n) is 8.94. The predicted octanol–water partition coefficient (Wildman–Crippen LogP) is 1.02. The van der Waals surface area contributed by atoms with Gasteiger partial charge in [-0.15, -0.1) is 0 Å². The molecule has 0 bridgehead atoms. The van der Waals surface area contributed by atoms with Crippen molar-refractivity contribution in [3.8, 4) is 5.75 Å². The summed E-state index contributed by atoms with van der Waals surface area (Å²) in [6, 6.07) is 1.37. The average Bonchev–Trinajstić information content (AvgIpc) is 2.24. The Labute approximate surface area is 88.8 Å². The SMILES string of the molecule is Cc1c(O)c(=O)ccn1CCCCCO. The van der Waals surface area contributed by atoms with Crippen molar-refractivity contribution in [2.45, 2.75) is 32.7 Å². The summed E-state index contributed by atoms with van der Waals surface area (Å²) in [7, 11) is 0. The molecule has 0 aliphatic rings. The predicted molar refractivity (Wildman–Crippen MR) is 58.0 cm³/mol. The molecule has 1 aromatic heterocycles. The molecule has 0 atom stereocenters. The van der Waals surface area contributed by atoms with Gasteiger partial charge in [-0.05, 0) is 26.2 Å². The molecule has 1 rings (SSSR count). The Morgan fingerprint density at radius 1 is 1.33 bits per heavy atom. The Morgan fingerprint density at radius 3 is 2.73 bits per heavy atom. The largest absolute Gasteiger partial charge is 0.503 e. The van der Waals surface area contributed by atoms with Crippen molar-refractivity contribution in [2.75, 3.05) is 6.61 Å². The Bertz CT molecular complexity index is 371. The molecule has 0 fully saturated rings. The van der Waals surface area contributed by atoms with Gasteiger partial charge in [-0.25, -0.2) is 0 Å². The van der Waals surface area contributed by atoms with Crippen molar-refractivity contribution in [2.24, 2.45) is 0 Å². The van der Waals surface area contributed by atoms with Gasteiger partial charge in [0.05, 0.1) is 5.69 Å². The third-order valence-electron chi connectivity index (χ3n) is 2.47. The number of hydrogen-bond donors (Lipinski definition) is 2. The lowest BCUT2D eigenvalue weighted by molar-refractivity contribution is 0.281. The van der Waals surface area contributed by atoms with Gasteiger partial charge in [0.2, 0.25) is 5.43 Å². The third kappa shape index (κ3) is 3.09. The van der Waals surface area contributed by atoms with Gasteiger partial charge >= 0.3 is 0 Å². The van der Waals surface area contributed by atoms with Gasteiger partial charge in [-0.2, -0.15) is 0 Å². The van der Waals surface area contributed by atoms with E-state index in [0.29, 0.717) is 5.69 Å². The first-order valence-electron chi connectivity index (χ1n) is 5.16. The minimum absolute atomic E-state index is 0.167. The molecule has 0 amide bonds. The molecule has 1 heterocycles. The standard InChI is InChI=1S/C11H17NO3/c1-9-11(15)10(14)5-7-12(9)6-3-2-4-8-13/h5,7,13,15H,2-4,6,8H2,1H3. The molecule has 1 aromatic rings. The van der Waals surface area contributed by atoms with Crippen LogP contribution in [0.1, 0.15) is 25.0 Å². The van der Waals surface area contributed by atoms with Crippen LogP contribution in [0.15, 0.2) is 17.1 Å². The average molecular weight is 211 g/mol. The molecular formula is C11H17NO3. The second-order valence-electron chi connectivity index (χ2n) is 3.59. The van der Waals surface area contributed by atoms with Crippen LogP contribution in [0.2, 0.25) is 0 Å². The number of aliphatic hydroxyl groups excluding tert-OH is 1. The van der Waals surface area contributed by atoms with E-state index in [2.05, 4.69) is 0 Å². The zero-order valence-corrected chi connectivity index (χ0v) is 8.94. The van der Waals surface area contributed by atoms with E-state index in [1.807, 2.05) is 4.57 Å². The molecule has 0 aliphatic carbocycles. The van der Waals surface area contributed by atoms with E-state index in [0.717, 1.165) is 25.8 Å². The van der Waals surface area contributed by atoms with Gasteiger partial charge in [-0.1, -0.05) is 0 Å². The molecule has 0 aromatic carbocycles. The van der Waals surface area contributed by atoms with Crippen LogP contribution in [0.4, 0.5) is 0 Å². The molecule has 0 unspecified atom stereocenters. The lowest BCUT2D eigenvalue weighted by Gasteiger charge is -2.10. The van der Waals surface area contributed by atoms with Crippen molar-refractivity contribution < 1.29 is 10.2 Å². The van der Waals surface area contributed by atoms with Crippen molar-refractivity contribution in [1.82, 2.24) is 4.57 Å². The Kier molecular flexibility index (Phi) is 4.37. The Balaban J connectivity index is 2.62. The number of aromatic nitrogens is 1. The molecule has 4 nitrogen and oxygen atoms in total. The third-order valence-corrected chi connectivity index (χ3v) is 2.47. The summed E-state index contributed by atoms with van der Waals surface area (Å²) in [5.74, 6) is -0.167. The van der Waals surface area contributed by atoms with Crippen molar-refractivity contribution in [3.63, 3.8) is 0 Å². The van der Waals surface area contributed by atoms with Crippen LogP contribution in [0, 0.1) is 6.92 Å². The molecule has 0 radical (unpaired) electrons. The smallest absolute Gasteiger partial charge is 0.223 e. The van der Waals surface area contributed by atoms with E-state index < -0.39 is 0 Å². The lowest BCUT2D eigenvalue weighted by atomic mass is 10.2. The number of aryl methyl sites for hydroxylation is 1. The number of aromatic hydroxyl groups is 1. The summed E-state index contributed by atoms with van der Waals surface area (Å²) < 4.78 is 1.86. The summed E-state index contributed by atoms with van der Waals surface area (Å²) in [4.78, 5) is 11.1. The van der Waals surface area contributed by atoms with Gasteiger partial charge in [0.25, 0.3) is 0 Å². The highest BCUT2D eigenvalue weighted by molar-refractivity contribution is 5.25. The van der Waals surface area contributed by atoms with Gasteiger partial charge < -0.3 is 14.8 Å². The fourth-order valence-corrected chi connectivity index (χ4v) is 1.48. The molecule has 2 N–H and O–H groups in total. The highest BCUT2D eigenvalue weighted by Gasteiger charge is 2.04. The first-order chi connectivity index (χ1) is 7.16. The van der Waals surface area contributed by atoms with Gasteiger partial charge in [0, 0.05) is 25.4 Å². The monoisotopic (exact) mass is 211 g/mol. The maximum absolute atomic E-state index is 11.1. The summed E-state index contributed by atoms with van der Waals surface area (Å²) in [5, 5.41) is 18.0. The topological polar surface area (TPSA) is 62.5 Å². The van der Waals surface area contributed by atoms with E-state index in [9.17, 15) is 9.90 Å². The second-order valence-corrected chi connectivity index (χ2v) is 3.59. The van der Waals surface area contributed by atoms with Crippen molar-refractivity contribution in [1.29, 1.82) is 0 Å². The van der Waals surface area contributed by atoms with Crippen LogP contribution >= 0.6 is 0 Å². The van der Waals surface area contributed by atoms with E-state index in [1.54, 1.807) is 13.1 Å². The number of pyridine rings is 1. The Morgan fingerprint density at radius 2 is 2.07 bits per heavy atom. The molecule has 0 aliphatic heterocycles. The summed E-state index contributed by atoms with van der Waals surface area (Å²) in [5.41, 5.74) is 0.269. The molecule has 15 heavy (non-hydrogen) atoms. The molecule has 0 spiro atoms. The number of rotatable bonds is 5. The van der Waals surface area contributed by atoms with E-state index in [1.165, 1.54) is 6.07 Å². The van der Waals surface area contributed by atoms with Crippen LogP contribution in [-0.2, 0) is 6.54 Å². The normalized spacial score (nSPS) is 10.5. The van der Waals surface area contributed by atoms with Gasteiger partial charge in [-0.3, -0.25) is 4.79 Å². The molecular weight excluding hydrogens is 194 g/mol. The highest BCUT2D eigenvalue weighted by atomic mass is 16.3. The fraction of sp³-hybridized carbons (Fsp3) is 0.545. The van der Waals surface area contributed by atoms with E-state index in [4.69, 9.17) is 5.11 Å². The fourth-order valence-electron chi connectivity index (χ4n) is 1.48. The lowest BCUT2D eigenvalue weighted by Crippen LogP contribution is -2.10. The number of unbranched alkanes of at least 4 members (excludes halogenated alkanes) is 2. The summed E-state index contributed by atoms with van der Waals surface area (Å²) >= 11 is 0. The minimum atomic E-state index is -0.334. The molecule has 4 heteroatoms. The van der Waals surface area contributed by atoms with Gasteiger partial charge in [0.15, 0.2) is 5.75 Å². The van der Waals surface area contributed by atoms with Crippen LogP contribution in [0.5, 0.6) is 5.75 Å². The summed E-state index contributed by atoms with van der Waals surface area (Å²) in [6.07, 6.45) is 4.37. The van der Waals surface area contributed by atoms with Crippen molar-refractivity contribution in [3.05, 3.63) is 28.2 Å². The number of nitrogens with zero attached hydrogens (tertiary/aromatic N) is 1. The summed E-state index contributed by atoms with van der Waals surface area (Å²) in [6.45, 7) is 2.71. The quantitative estimate of drug-likeness (QED) is 0.715. The first kappa shape index (κ1) is 11.8. The molecule has 0 saturated carbocycles. The van der Waals surface area contributed by atoms with Crippen LogP contribution in [0.25, 0.3) is 0 Å². The number of hydrogen-bond acceptors (Lipinski definition) is 3. The Hall–Kier alpha value is -1.29. The van der Waals surface area contributed by atoms with E-state index >= 15 is 0 Å². The van der Waals surface area contributed by atoms with Crippen LogP contribution in [-0.4, -0.2) is 21.4 Å². The van der Waals surface area contributed by atoms with Crippen LogP contribution in [0.3, 0.4) is 0 Å². The van der Waals surface area contributed by atoms with Crippen LogP contribution < -0.4 is 5.43 Å². The first-order valence-corrected chi connectivity index (χ1v) is 5.16. The molecule has 84 valence electrons. The van der Waals surface area contributed by atoms with Gasteiger partial charge in [0.1, 0.15) is 0 Å². The van der Waals surface area contributed by atoms with Crippen molar-refractivity contribution >= 4 is 0 Å². The minimum Gasteiger partial charge on any atom is -0.503 e. The maximum atomic E-state index is 11.1. The highest BCUT2D eigenvalue weighted by Crippen LogP contribution is 2.10. The number of aliphatic hydroxyl groups is 1. The maximum Gasteiger partial charge on any atom is 0.223 e. The van der Waals surface area contributed by atoms with E-state index in [-0.39, 0.29) is 17.8 Å². The molecule has 0 saturated heterocycles. The zero-order chi connectivity index (χ0) is 11.3. The second kappa shape index (κ2) is 5.56.